The fourth-order valence-electron chi connectivity index (χ4n) is 2.02. The number of carbonyl (C=O) groups excluding carboxylic acids is 2. The van der Waals surface area contributed by atoms with Gasteiger partial charge in [0.15, 0.2) is 0 Å². The van der Waals surface area contributed by atoms with Crippen molar-refractivity contribution in [3.63, 3.8) is 0 Å². The van der Waals surface area contributed by atoms with Crippen molar-refractivity contribution in [2.45, 2.75) is 25.3 Å². The molecule has 1 fully saturated rings. The summed E-state index contributed by atoms with van der Waals surface area (Å²) in [5.74, 6) is -0.132. The second kappa shape index (κ2) is 5.01. The molecule has 1 aliphatic carbocycles. The molecule has 102 valence electrons. The van der Waals surface area contributed by atoms with Crippen LogP contribution in [0.15, 0.2) is 24.3 Å². The van der Waals surface area contributed by atoms with Crippen LogP contribution < -0.4 is 16.4 Å². The van der Waals surface area contributed by atoms with Crippen LogP contribution in [0, 0.1) is 5.92 Å². The minimum absolute atomic E-state index is 0.186. The van der Waals surface area contributed by atoms with Crippen molar-refractivity contribution in [1.29, 1.82) is 0 Å². The zero-order valence-electron chi connectivity index (χ0n) is 11.2. The van der Waals surface area contributed by atoms with Gasteiger partial charge in [-0.1, -0.05) is 6.07 Å². The van der Waals surface area contributed by atoms with E-state index in [0.717, 1.165) is 12.8 Å². The van der Waals surface area contributed by atoms with E-state index in [4.69, 9.17) is 5.73 Å². The van der Waals surface area contributed by atoms with Crippen LogP contribution in [0.25, 0.3) is 0 Å². The predicted octanol–water partition coefficient (Wildman–Crippen LogP) is 1.11. The molecule has 5 heteroatoms. The first kappa shape index (κ1) is 13.5. The number of rotatable bonds is 4. The van der Waals surface area contributed by atoms with E-state index in [0.29, 0.717) is 11.3 Å². The van der Waals surface area contributed by atoms with Gasteiger partial charge >= 0.3 is 0 Å². The van der Waals surface area contributed by atoms with Crippen molar-refractivity contribution >= 4 is 17.5 Å². The minimum Gasteiger partial charge on any atom is -0.355 e. The molecule has 1 saturated carbocycles. The lowest BCUT2D eigenvalue weighted by atomic mass is 9.96. The highest BCUT2D eigenvalue weighted by atomic mass is 16.2. The molecule has 0 bridgehead atoms. The number of benzene rings is 1. The number of hydrogen-bond donors (Lipinski definition) is 3. The van der Waals surface area contributed by atoms with Gasteiger partial charge in [0, 0.05) is 18.3 Å². The molecule has 0 radical (unpaired) electrons. The fourth-order valence-corrected chi connectivity index (χ4v) is 2.02. The van der Waals surface area contributed by atoms with Gasteiger partial charge in [-0.2, -0.15) is 0 Å². The molecule has 0 heterocycles. The summed E-state index contributed by atoms with van der Waals surface area (Å²) in [6.07, 6.45) is 2.00. The SMILES string of the molecule is CNC(=O)c1cccc(NC(=O)C(C)(N)C2CC2)c1. The monoisotopic (exact) mass is 261 g/mol. The lowest BCUT2D eigenvalue weighted by Crippen LogP contribution is -2.50. The first-order valence-electron chi connectivity index (χ1n) is 6.37. The summed E-state index contributed by atoms with van der Waals surface area (Å²) < 4.78 is 0. The average molecular weight is 261 g/mol. The third-order valence-electron chi connectivity index (χ3n) is 3.52. The second-order valence-electron chi connectivity index (χ2n) is 5.17. The highest BCUT2D eigenvalue weighted by Crippen LogP contribution is 2.38. The predicted molar refractivity (Wildman–Crippen MR) is 73.8 cm³/mol. The van der Waals surface area contributed by atoms with Crippen LogP contribution in [0.4, 0.5) is 5.69 Å². The van der Waals surface area contributed by atoms with E-state index in [1.807, 2.05) is 0 Å². The van der Waals surface area contributed by atoms with Crippen molar-refractivity contribution in [3.8, 4) is 0 Å². The van der Waals surface area contributed by atoms with E-state index < -0.39 is 5.54 Å². The van der Waals surface area contributed by atoms with E-state index >= 15 is 0 Å². The minimum atomic E-state index is -0.844. The summed E-state index contributed by atoms with van der Waals surface area (Å²) in [5, 5.41) is 5.32. The molecule has 2 rings (SSSR count). The summed E-state index contributed by atoms with van der Waals surface area (Å²) in [7, 11) is 1.57. The molecular formula is C14H19N3O2. The molecule has 5 nitrogen and oxygen atoms in total. The molecule has 0 aromatic heterocycles. The molecule has 4 N–H and O–H groups in total. The van der Waals surface area contributed by atoms with Gasteiger partial charge in [0.05, 0.1) is 5.54 Å². The van der Waals surface area contributed by atoms with Gasteiger partial charge < -0.3 is 16.4 Å². The second-order valence-corrected chi connectivity index (χ2v) is 5.17. The maximum atomic E-state index is 12.1. The summed E-state index contributed by atoms with van der Waals surface area (Å²) in [4.78, 5) is 23.6. The lowest BCUT2D eigenvalue weighted by Gasteiger charge is -2.23. The Hall–Kier alpha value is -1.88. The number of carbonyl (C=O) groups is 2. The number of nitrogens with one attached hydrogen (secondary N) is 2. The zero-order valence-corrected chi connectivity index (χ0v) is 11.2. The number of nitrogens with two attached hydrogens (primary N) is 1. The number of anilines is 1. The summed E-state index contributed by atoms with van der Waals surface area (Å²) >= 11 is 0. The van der Waals surface area contributed by atoms with Crippen molar-refractivity contribution in [3.05, 3.63) is 29.8 Å². The molecule has 1 aliphatic rings. The average Bonchev–Trinajstić information content (AvgIpc) is 3.22. The summed E-state index contributed by atoms with van der Waals surface area (Å²) in [6, 6.07) is 6.80. The molecule has 2 amide bonds. The Morgan fingerprint density at radius 1 is 1.37 bits per heavy atom. The molecule has 0 spiro atoms. The lowest BCUT2D eigenvalue weighted by molar-refractivity contribution is -0.121. The van der Waals surface area contributed by atoms with Gasteiger partial charge in [-0.15, -0.1) is 0 Å². The Morgan fingerprint density at radius 3 is 2.63 bits per heavy atom. The topological polar surface area (TPSA) is 84.2 Å². The smallest absolute Gasteiger partial charge is 0.251 e. The van der Waals surface area contributed by atoms with E-state index in [2.05, 4.69) is 10.6 Å². The maximum Gasteiger partial charge on any atom is 0.251 e. The summed E-state index contributed by atoms with van der Waals surface area (Å²) in [6.45, 7) is 1.75. The van der Waals surface area contributed by atoms with Crippen LogP contribution in [-0.2, 0) is 4.79 Å². The molecule has 1 unspecified atom stereocenters. The van der Waals surface area contributed by atoms with Crippen molar-refractivity contribution in [2.24, 2.45) is 11.7 Å². The van der Waals surface area contributed by atoms with E-state index in [9.17, 15) is 9.59 Å². The summed E-state index contributed by atoms with van der Waals surface area (Å²) in [5.41, 5.74) is 6.29. The maximum absolute atomic E-state index is 12.1. The van der Waals surface area contributed by atoms with Crippen LogP contribution in [-0.4, -0.2) is 24.4 Å². The van der Waals surface area contributed by atoms with E-state index in [1.165, 1.54) is 0 Å². The van der Waals surface area contributed by atoms with Gasteiger partial charge in [-0.05, 0) is 43.9 Å². The highest BCUT2D eigenvalue weighted by Gasteiger charge is 2.44. The van der Waals surface area contributed by atoms with E-state index in [-0.39, 0.29) is 17.7 Å². The Kier molecular flexibility index (Phi) is 3.57. The third kappa shape index (κ3) is 2.93. The van der Waals surface area contributed by atoms with Crippen LogP contribution in [0.2, 0.25) is 0 Å². The largest absolute Gasteiger partial charge is 0.355 e. The van der Waals surface area contributed by atoms with Crippen LogP contribution in [0.3, 0.4) is 0 Å². The Labute approximate surface area is 112 Å². The fraction of sp³-hybridized carbons (Fsp3) is 0.429. The van der Waals surface area contributed by atoms with Crippen molar-refractivity contribution in [1.82, 2.24) is 5.32 Å². The molecular weight excluding hydrogens is 242 g/mol. The number of hydrogen-bond acceptors (Lipinski definition) is 3. The van der Waals surface area contributed by atoms with Gasteiger partial charge in [0.25, 0.3) is 5.91 Å². The molecule has 1 aromatic rings. The van der Waals surface area contributed by atoms with Crippen LogP contribution in [0.5, 0.6) is 0 Å². The van der Waals surface area contributed by atoms with Crippen LogP contribution >= 0.6 is 0 Å². The van der Waals surface area contributed by atoms with Gasteiger partial charge in [0.2, 0.25) is 5.91 Å². The Morgan fingerprint density at radius 2 is 2.05 bits per heavy atom. The van der Waals surface area contributed by atoms with Crippen LogP contribution in [0.1, 0.15) is 30.1 Å². The zero-order chi connectivity index (χ0) is 14.0. The Bertz CT molecular complexity index is 507. The van der Waals surface area contributed by atoms with Gasteiger partial charge in [0.1, 0.15) is 0 Å². The first-order valence-corrected chi connectivity index (χ1v) is 6.37. The first-order chi connectivity index (χ1) is 8.95. The van der Waals surface area contributed by atoms with Crippen molar-refractivity contribution in [2.75, 3.05) is 12.4 Å². The molecule has 0 saturated heterocycles. The normalized spacial score (nSPS) is 17.4. The molecule has 1 aromatic carbocycles. The molecule has 19 heavy (non-hydrogen) atoms. The molecule has 1 atom stereocenters. The van der Waals surface area contributed by atoms with Crippen molar-refractivity contribution < 1.29 is 9.59 Å². The third-order valence-corrected chi connectivity index (χ3v) is 3.52. The Balaban J connectivity index is 2.10. The standard InChI is InChI=1S/C14H19N3O2/c1-14(15,10-6-7-10)13(19)17-11-5-3-4-9(8-11)12(18)16-2/h3-5,8,10H,6-7,15H2,1-2H3,(H,16,18)(H,17,19). The van der Waals surface area contributed by atoms with E-state index in [1.54, 1.807) is 38.2 Å². The quantitative estimate of drug-likeness (QED) is 0.759. The number of amides is 2. The molecule has 0 aliphatic heterocycles. The highest BCUT2D eigenvalue weighted by molar-refractivity contribution is 6.00. The van der Waals surface area contributed by atoms with Gasteiger partial charge in [-0.25, -0.2) is 0 Å². The van der Waals surface area contributed by atoms with Gasteiger partial charge in [-0.3, -0.25) is 9.59 Å².